The summed E-state index contributed by atoms with van der Waals surface area (Å²) in [4.78, 5) is 52.2. The maximum absolute atomic E-state index is 12.5. The Bertz CT molecular complexity index is 562. The lowest BCUT2D eigenvalue weighted by atomic mass is 9.95. The van der Waals surface area contributed by atoms with Gasteiger partial charge < -0.3 is 15.1 Å². The normalized spacial score (nSPS) is 33.1. The molecule has 116 valence electrons. The van der Waals surface area contributed by atoms with Gasteiger partial charge in [-0.1, -0.05) is 0 Å². The second-order valence-electron chi connectivity index (χ2n) is 5.93. The van der Waals surface area contributed by atoms with E-state index in [9.17, 15) is 19.2 Å². The first-order valence-electron chi connectivity index (χ1n) is 6.68. The maximum atomic E-state index is 12.5. The minimum atomic E-state index is -1.23. The molecule has 8 heteroatoms. The Morgan fingerprint density at radius 1 is 1.14 bits per heavy atom. The molecule has 0 spiro atoms. The number of rotatable bonds is 2. The van der Waals surface area contributed by atoms with Crippen LogP contribution in [0.15, 0.2) is 0 Å². The van der Waals surface area contributed by atoms with Crippen molar-refractivity contribution in [2.45, 2.75) is 39.0 Å². The van der Waals surface area contributed by atoms with E-state index in [0.717, 1.165) is 4.90 Å². The fourth-order valence-electron chi connectivity index (χ4n) is 2.96. The number of imide groups is 1. The Morgan fingerprint density at radius 2 is 1.67 bits per heavy atom. The third kappa shape index (κ3) is 1.55. The molecule has 0 radical (unpaired) electrons. The molecule has 0 aromatic rings. The smallest absolute Gasteiger partial charge is 0.311 e. The highest BCUT2D eigenvalue weighted by Gasteiger charge is 2.71. The van der Waals surface area contributed by atoms with E-state index in [1.165, 1.54) is 30.7 Å². The molecule has 2 heterocycles. The van der Waals surface area contributed by atoms with Crippen LogP contribution < -0.4 is 5.32 Å². The molecule has 2 rings (SSSR count). The molecule has 0 aromatic heterocycles. The summed E-state index contributed by atoms with van der Waals surface area (Å²) in [5.41, 5.74) is -2.25. The van der Waals surface area contributed by atoms with Crippen molar-refractivity contribution in [3.63, 3.8) is 0 Å². The molecule has 0 saturated carbocycles. The van der Waals surface area contributed by atoms with Crippen LogP contribution in [0.4, 0.5) is 9.59 Å². The van der Waals surface area contributed by atoms with E-state index in [-0.39, 0.29) is 11.8 Å². The van der Waals surface area contributed by atoms with E-state index >= 15 is 0 Å². The molecular weight excluding hydrogens is 276 g/mol. The van der Waals surface area contributed by atoms with Gasteiger partial charge in [0.1, 0.15) is 5.78 Å². The molecule has 2 aliphatic rings. The summed E-state index contributed by atoms with van der Waals surface area (Å²) in [6, 6.07) is -0.919. The Morgan fingerprint density at radius 3 is 2.14 bits per heavy atom. The zero-order chi connectivity index (χ0) is 16.3. The lowest BCUT2D eigenvalue weighted by Crippen LogP contribution is -2.64. The van der Waals surface area contributed by atoms with Gasteiger partial charge >= 0.3 is 12.1 Å². The SMILES string of the molecule is CC(=O)C(C)C(=O)N1C(=O)N(C)[C@@]2(C)N(C)C(=O)N[C@@]12C. The number of hydrogen-bond acceptors (Lipinski definition) is 4. The number of nitrogens with zero attached hydrogens (tertiary/aromatic N) is 3. The molecule has 0 aliphatic carbocycles. The van der Waals surface area contributed by atoms with Gasteiger partial charge in [0.25, 0.3) is 0 Å². The van der Waals surface area contributed by atoms with Gasteiger partial charge in [-0.3, -0.25) is 9.59 Å². The molecule has 21 heavy (non-hydrogen) atoms. The van der Waals surface area contributed by atoms with Gasteiger partial charge in [-0.05, 0) is 27.7 Å². The lowest BCUT2D eigenvalue weighted by Gasteiger charge is -2.41. The Labute approximate surface area is 123 Å². The van der Waals surface area contributed by atoms with Crippen molar-refractivity contribution < 1.29 is 19.2 Å². The predicted octanol–water partition coefficient (Wildman–Crippen LogP) is 0.193. The van der Waals surface area contributed by atoms with Crippen molar-refractivity contribution in [3.8, 4) is 0 Å². The lowest BCUT2D eigenvalue weighted by molar-refractivity contribution is -0.141. The van der Waals surface area contributed by atoms with Crippen molar-refractivity contribution in [2.24, 2.45) is 5.92 Å². The highest BCUT2D eigenvalue weighted by Crippen LogP contribution is 2.45. The summed E-state index contributed by atoms with van der Waals surface area (Å²) in [6.45, 7) is 6.07. The van der Waals surface area contributed by atoms with Crippen molar-refractivity contribution in [1.82, 2.24) is 20.0 Å². The van der Waals surface area contributed by atoms with Gasteiger partial charge in [0.15, 0.2) is 11.3 Å². The van der Waals surface area contributed by atoms with E-state index in [0.29, 0.717) is 0 Å². The quantitative estimate of drug-likeness (QED) is 0.737. The zero-order valence-corrected chi connectivity index (χ0v) is 13.1. The first kappa shape index (κ1) is 15.3. The molecule has 0 bridgehead atoms. The van der Waals surface area contributed by atoms with Gasteiger partial charge in [0.05, 0.1) is 5.92 Å². The molecule has 2 aliphatic heterocycles. The first-order valence-corrected chi connectivity index (χ1v) is 6.68. The standard InChI is InChI=1S/C13H20N4O4/c1-7(8(2)18)9(19)17-11(21)16(6)13(4)12(17,3)14-10(20)15(13)5/h7H,1-6H3,(H,14,20)/t7?,12-,13+/m0/s1. The number of carbonyl (C=O) groups is 4. The van der Waals surface area contributed by atoms with E-state index in [2.05, 4.69) is 5.32 Å². The fourth-order valence-corrected chi connectivity index (χ4v) is 2.96. The van der Waals surface area contributed by atoms with Crippen LogP contribution in [0.1, 0.15) is 27.7 Å². The maximum Gasteiger partial charge on any atom is 0.330 e. The number of Topliss-reactive ketones (excluding diaryl/α,β-unsaturated/α-hetero) is 1. The Hall–Kier alpha value is -2.12. The Kier molecular flexibility index (Phi) is 3.05. The monoisotopic (exact) mass is 296 g/mol. The zero-order valence-electron chi connectivity index (χ0n) is 13.1. The number of fused-ring (bicyclic) bond motifs is 1. The van der Waals surface area contributed by atoms with Crippen LogP contribution in [0, 0.1) is 5.92 Å². The van der Waals surface area contributed by atoms with E-state index in [1.54, 1.807) is 20.9 Å². The summed E-state index contributed by atoms with van der Waals surface area (Å²) in [7, 11) is 3.09. The predicted molar refractivity (Wildman–Crippen MR) is 73.0 cm³/mol. The fraction of sp³-hybridized carbons (Fsp3) is 0.692. The molecule has 2 fully saturated rings. The molecular formula is C13H20N4O4. The topological polar surface area (TPSA) is 90.0 Å². The molecule has 5 amide bonds. The summed E-state index contributed by atoms with van der Waals surface area (Å²) < 4.78 is 0. The molecule has 2 saturated heterocycles. The van der Waals surface area contributed by atoms with Crippen molar-refractivity contribution >= 4 is 23.8 Å². The van der Waals surface area contributed by atoms with Gasteiger partial charge in [-0.25, -0.2) is 14.5 Å². The van der Waals surface area contributed by atoms with Gasteiger partial charge in [-0.15, -0.1) is 0 Å². The summed E-state index contributed by atoms with van der Waals surface area (Å²) in [5.74, 6) is -1.88. The van der Waals surface area contributed by atoms with Crippen molar-refractivity contribution in [3.05, 3.63) is 0 Å². The molecule has 1 N–H and O–H groups in total. The highest BCUT2D eigenvalue weighted by molar-refractivity contribution is 6.08. The number of carbonyl (C=O) groups excluding carboxylic acids is 4. The molecule has 8 nitrogen and oxygen atoms in total. The van der Waals surface area contributed by atoms with Crippen LogP contribution in [0.25, 0.3) is 0 Å². The van der Waals surface area contributed by atoms with Crippen molar-refractivity contribution in [1.29, 1.82) is 0 Å². The second-order valence-corrected chi connectivity index (χ2v) is 5.93. The second kappa shape index (κ2) is 4.19. The van der Waals surface area contributed by atoms with Crippen LogP contribution in [-0.4, -0.2) is 63.9 Å². The summed E-state index contributed by atoms with van der Waals surface area (Å²) >= 11 is 0. The van der Waals surface area contributed by atoms with E-state index in [1.807, 2.05) is 0 Å². The molecule has 3 atom stereocenters. The van der Waals surface area contributed by atoms with Crippen LogP contribution >= 0.6 is 0 Å². The van der Waals surface area contributed by atoms with E-state index < -0.39 is 29.2 Å². The van der Waals surface area contributed by atoms with Gasteiger partial charge in [0, 0.05) is 14.1 Å². The van der Waals surface area contributed by atoms with Crippen LogP contribution in [-0.2, 0) is 9.59 Å². The third-order valence-electron chi connectivity index (χ3n) is 5.01. The summed E-state index contributed by atoms with van der Waals surface area (Å²) in [6.07, 6.45) is 0. The minimum absolute atomic E-state index is 0.328. The van der Waals surface area contributed by atoms with Crippen LogP contribution in [0.3, 0.4) is 0 Å². The Balaban J connectivity index is 2.54. The summed E-state index contributed by atoms with van der Waals surface area (Å²) in [5, 5.41) is 2.69. The average Bonchev–Trinajstić information content (AvgIpc) is 2.67. The average molecular weight is 296 g/mol. The van der Waals surface area contributed by atoms with E-state index in [4.69, 9.17) is 0 Å². The van der Waals surface area contributed by atoms with Crippen LogP contribution in [0.2, 0.25) is 0 Å². The third-order valence-corrected chi connectivity index (χ3v) is 5.01. The van der Waals surface area contributed by atoms with Gasteiger partial charge in [0.2, 0.25) is 5.91 Å². The number of nitrogens with one attached hydrogen (secondary N) is 1. The van der Waals surface area contributed by atoms with Crippen LogP contribution in [0.5, 0.6) is 0 Å². The van der Waals surface area contributed by atoms with Gasteiger partial charge in [-0.2, -0.15) is 0 Å². The highest BCUT2D eigenvalue weighted by atomic mass is 16.2. The molecule has 0 aromatic carbocycles. The number of likely N-dealkylation sites (N-methyl/N-ethyl adjacent to an activating group) is 2. The minimum Gasteiger partial charge on any atom is -0.311 e. The molecule has 1 unspecified atom stereocenters. The number of ketones is 1. The number of urea groups is 2. The number of hydrogen-bond donors (Lipinski definition) is 1. The number of amides is 5. The largest absolute Gasteiger partial charge is 0.330 e. The first-order chi connectivity index (χ1) is 9.50. The van der Waals surface area contributed by atoms with Crippen molar-refractivity contribution in [2.75, 3.05) is 14.1 Å².